The third-order valence-electron chi connectivity index (χ3n) is 3.95. The number of carbonyl (C=O) groups excluding carboxylic acids is 1. The Bertz CT molecular complexity index is 280. The molecular weight excluding hydrogens is 258 g/mol. The van der Waals surface area contributed by atoms with E-state index in [-0.39, 0.29) is 28.3 Å². The highest BCUT2D eigenvalue weighted by Gasteiger charge is 2.52. The van der Waals surface area contributed by atoms with Crippen LogP contribution in [0.15, 0.2) is 0 Å². The Balaban J connectivity index is 2.08. The molecule has 3 atom stereocenters. The van der Waals surface area contributed by atoms with Crippen LogP contribution in [-0.4, -0.2) is 39.4 Å². The number of rotatable bonds is 1. The summed E-state index contributed by atoms with van der Waals surface area (Å²) in [6.07, 6.45) is 2.47. The van der Waals surface area contributed by atoms with Crippen molar-refractivity contribution >= 4 is 21.8 Å². The first-order valence-electron chi connectivity index (χ1n) is 5.57. The molecule has 1 aliphatic heterocycles. The third-order valence-corrected chi connectivity index (χ3v) is 4.80. The van der Waals surface area contributed by atoms with Crippen LogP contribution in [0.2, 0.25) is 0 Å². The lowest BCUT2D eigenvalue weighted by Crippen LogP contribution is -2.64. The lowest BCUT2D eigenvalue weighted by molar-refractivity contribution is -0.158. The molecule has 1 amide bonds. The van der Waals surface area contributed by atoms with Crippen molar-refractivity contribution < 1.29 is 9.90 Å². The summed E-state index contributed by atoms with van der Waals surface area (Å²) in [7, 11) is 0. The van der Waals surface area contributed by atoms with Gasteiger partial charge in [-0.1, -0.05) is 29.8 Å². The molecule has 3 nitrogen and oxygen atoms in total. The van der Waals surface area contributed by atoms with Crippen LogP contribution >= 0.6 is 15.9 Å². The van der Waals surface area contributed by atoms with Crippen molar-refractivity contribution in [3.8, 4) is 0 Å². The first-order chi connectivity index (χ1) is 6.94. The molecule has 2 rings (SSSR count). The Kier molecular flexibility index (Phi) is 2.84. The van der Waals surface area contributed by atoms with Crippen molar-refractivity contribution in [2.24, 2.45) is 5.41 Å². The molecule has 0 aromatic heterocycles. The van der Waals surface area contributed by atoms with Gasteiger partial charge in [0.1, 0.15) is 0 Å². The van der Waals surface area contributed by atoms with Gasteiger partial charge in [-0.2, -0.15) is 0 Å². The molecular formula is C11H18BrNO2. The maximum Gasteiger partial charge on any atom is 0.236 e. The van der Waals surface area contributed by atoms with Gasteiger partial charge in [0.2, 0.25) is 5.91 Å². The lowest BCUT2D eigenvalue weighted by atomic mass is 9.63. The summed E-state index contributed by atoms with van der Waals surface area (Å²) >= 11 is 3.41. The Morgan fingerprint density at radius 3 is 2.73 bits per heavy atom. The summed E-state index contributed by atoms with van der Waals surface area (Å²) < 4.78 is 0. The zero-order chi connectivity index (χ0) is 11.2. The van der Waals surface area contributed by atoms with Crippen molar-refractivity contribution in [2.45, 2.75) is 50.1 Å². The van der Waals surface area contributed by atoms with Crippen molar-refractivity contribution in [3.63, 3.8) is 0 Å². The van der Waals surface area contributed by atoms with Crippen molar-refractivity contribution in [1.29, 1.82) is 0 Å². The summed E-state index contributed by atoms with van der Waals surface area (Å²) in [4.78, 5) is 13.9. The van der Waals surface area contributed by atoms with E-state index in [0.717, 1.165) is 25.8 Å². The number of aliphatic hydroxyl groups is 1. The van der Waals surface area contributed by atoms with Crippen LogP contribution in [0.3, 0.4) is 0 Å². The Hall–Kier alpha value is -0.0900. The van der Waals surface area contributed by atoms with E-state index in [9.17, 15) is 9.90 Å². The predicted molar refractivity (Wildman–Crippen MR) is 61.9 cm³/mol. The maximum absolute atomic E-state index is 12.0. The molecule has 2 aliphatic rings. The third kappa shape index (κ3) is 1.72. The average molecular weight is 276 g/mol. The number of alkyl halides is 1. The first-order valence-corrected chi connectivity index (χ1v) is 6.49. The number of likely N-dealkylation sites (tertiary alicyclic amines) is 1. The number of piperidine rings is 1. The molecule has 15 heavy (non-hydrogen) atoms. The molecule has 4 heteroatoms. The minimum atomic E-state index is -0.258. The second-order valence-electron chi connectivity index (χ2n) is 5.23. The van der Waals surface area contributed by atoms with E-state index in [2.05, 4.69) is 15.9 Å². The van der Waals surface area contributed by atoms with Gasteiger partial charge < -0.3 is 10.0 Å². The fourth-order valence-corrected chi connectivity index (χ4v) is 3.16. The van der Waals surface area contributed by atoms with Gasteiger partial charge in [0, 0.05) is 18.0 Å². The van der Waals surface area contributed by atoms with Crippen LogP contribution < -0.4 is 0 Å². The molecule has 1 saturated carbocycles. The highest BCUT2D eigenvalue weighted by Crippen LogP contribution is 2.45. The van der Waals surface area contributed by atoms with E-state index in [0.29, 0.717) is 0 Å². The normalized spacial score (nSPS) is 40.1. The molecule has 2 fully saturated rings. The standard InChI is InChI=1S/C11H18BrNO2/c1-11(2)8(6-9(11)14)13-5-3-4-7(12)10(13)15/h7-9,14H,3-6H2,1-2H3. The summed E-state index contributed by atoms with van der Waals surface area (Å²) in [5, 5.41) is 9.68. The molecule has 1 saturated heterocycles. The van der Waals surface area contributed by atoms with Gasteiger partial charge in [0.05, 0.1) is 10.9 Å². The number of aliphatic hydroxyl groups excluding tert-OH is 1. The van der Waals surface area contributed by atoms with Crippen LogP contribution in [0.5, 0.6) is 0 Å². The second-order valence-corrected chi connectivity index (χ2v) is 6.34. The first kappa shape index (κ1) is 11.4. The molecule has 0 radical (unpaired) electrons. The Labute approximate surface area is 99.0 Å². The second kappa shape index (κ2) is 3.74. The fourth-order valence-electron chi connectivity index (χ4n) is 2.57. The maximum atomic E-state index is 12.0. The van der Waals surface area contributed by atoms with E-state index in [1.165, 1.54) is 0 Å². The summed E-state index contributed by atoms with van der Waals surface area (Å²) in [5.74, 6) is 0.200. The number of nitrogens with zero attached hydrogens (tertiary/aromatic N) is 1. The predicted octanol–water partition coefficient (Wildman–Crippen LogP) is 1.53. The lowest BCUT2D eigenvalue weighted by Gasteiger charge is -2.55. The summed E-state index contributed by atoms with van der Waals surface area (Å²) in [6.45, 7) is 4.93. The molecule has 1 N–H and O–H groups in total. The van der Waals surface area contributed by atoms with Crippen LogP contribution in [0.25, 0.3) is 0 Å². The molecule has 1 aliphatic carbocycles. The minimum absolute atomic E-state index is 0.0141. The van der Waals surface area contributed by atoms with E-state index < -0.39 is 0 Å². The van der Waals surface area contributed by atoms with Crippen molar-refractivity contribution in [1.82, 2.24) is 4.90 Å². The van der Waals surface area contributed by atoms with Crippen molar-refractivity contribution in [3.05, 3.63) is 0 Å². The zero-order valence-electron chi connectivity index (χ0n) is 9.24. The summed E-state index contributed by atoms with van der Waals surface area (Å²) in [6, 6.07) is 0.223. The van der Waals surface area contributed by atoms with Gasteiger partial charge in [0.15, 0.2) is 0 Å². The Morgan fingerprint density at radius 1 is 1.53 bits per heavy atom. The summed E-state index contributed by atoms with van der Waals surface area (Å²) in [5.41, 5.74) is -0.139. The van der Waals surface area contributed by atoms with Crippen LogP contribution in [0, 0.1) is 5.41 Å². The fraction of sp³-hybridized carbons (Fsp3) is 0.909. The molecule has 0 aromatic carbocycles. The van der Waals surface area contributed by atoms with E-state index >= 15 is 0 Å². The number of hydrogen-bond donors (Lipinski definition) is 1. The van der Waals surface area contributed by atoms with Crippen LogP contribution in [0.1, 0.15) is 33.1 Å². The van der Waals surface area contributed by atoms with E-state index in [4.69, 9.17) is 0 Å². The number of carbonyl (C=O) groups is 1. The van der Waals surface area contributed by atoms with Gasteiger partial charge in [-0.15, -0.1) is 0 Å². The number of halogens is 1. The zero-order valence-corrected chi connectivity index (χ0v) is 10.8. The monoisotopic (exact) mass is 275 g/mol. The van der Waals surface area contributed by atoms with Crippen LogP contribution in [0.4, 0.5) is 0 Å². The van der Waals surface area contributed by atoms with Gasteiger partial charge in [-0.05, 0) is 19.3 Å². The molecule has 86 valence electrons. The van der Waals surface area contributed by atoms with E-state index in [1.54, 1.807) is 0 Å². The molecule has 0 aromatic rings. The highest BCUT2D eigenvalue weighted by atomic mass is 79.9. The van der Waals surface area contributed by atoms with E-state index in [1.807, 2.05) is 18.7 Å². The van der Waals surface area contributed by atoms with Gasteiger partial charge >= 0.3 is 0 Å². The molecule has 0 spiro atoms. The van der Waals surface area contributed by atoms with Crippen molar-refractivity contribution in [2.75, 3.05) is 6.54 Å². The quantitative estimate of drug-likeness (QED) is 0.738. The minimum Gasteiger partial charge on any atom is -0.392 e. The van der Waals surface area contributed by atoms with Gasteiger partial charge in [-0.25, -0.2) is 0 Å². The Morgan fingerprint density at radius 2 is 2.20 bits per heavy atom. The number of amides is 1. The topological polar surface area (TPSA) is 40.5 Å². The molecule has 3 unspecified atom stereocenters. The average Bonchev–Trinajstić information content (AvgIpc) is 2.19. The molecule has 1 heterocycles. The molecule has 0 bridgehead atoms. The van der Waals surface area contributed by atoms with Crippen LogP contribution in [-0.2, 0) is 4.79 Å². The largest absolute Gasteiger partial charge is 0.392 e. The highest BCUT2D eigenvalue weighted by molar-refractivity contribution is 9.10. The SMILES string of the molecule is CC1(C)C(O)CC1N1CCCC(Br)C1=O. The van der Waals surface area contributed by atoms with Gasteiger partial charge in [-0.3, -0.25) is 4.79 Å². The number of hydrogen-bond acceptors (Lipinski definition) is 2. The van der Waals surface area contributed by atoms with Gasteiger partial charge in [0.25, 0.3) is 0 Å². The smallest absolute Gasteiger partial charge is 0.236 e.